The lowest BCUT2D eigenvalue weighted by molar-refractivity contribution is -0.149. The van der Waals surface area contributed by atoms with E-state index in [1.165, 1.54) is 23.5 Å². The van der Waals surface area contributed by atoms with Crippen molar-refractivity contribution in [1.82, 2.24) is 4.98 Å². The minimum absolute atomic E-state index is 0.169. The monoisotopic (exact) mass is 504 g/mol. The Morgan fingerprint density at radius 2 is 1.70 bits per heavy atom. The van der Waals surface area contributed by atoms with E-state index in [0.717, 1.165) is 5.56 Å². The van der Waals surface area contributed by atoms with E-state index in [2.05, 4.69) is 10.3 Å². The van der Waals surface area contributed by atoms with Crippen LogP contribution in [-0.2, 0) is 14.3 Å². The molecule has 1 heterocycles. The lowest BCUT2D eigenvalue weighted by Crippen LogP contribution is -2.23. The molecule has 0 saturated heterocycles. The Morgan fingerprint density at radius 1 is 0.967 bits per heavy atom. The second-order valence-electron chi connectivity index (χ2n) is 5.71. The number of hydrogen-bond acceptors (Lipinski definition) is 6. The fourth-order valence-corrected chi connectivity index (χ4v) is 3.77. The van der Waals surface area contributed by atoms with Gasteiger partial charge in [-0.05, 0) is 12.1 Å². The van der Waals surface area contributed by atoms with Crippen LogP contribution in [0.5, 0.6) is 5.75 Å². The van der Waals surface area contributed by atoms with Gasteiger partial charge in [-0.1, -0.05) is 64.6 Å². The van der Waals surface area contributed by atoms with E-state index in [4.69, 9.17) is 55.9 Å². The highest BCUT2D eigenvalue weighted by molar-refractivity contribution is 7.14. The molecule has 0 spiro atoms. The maximum atomic E-state index is 12.0. The first-order valence-corrected chi connectivity index (χ1v) is 10.7. The predicted octanol–water partition coefficient (Wildman–Crippen LogP) is 5.98. The quantitative estimate of drug-likeness (QED) is 0.315. The summed E-state index contributed by atoms with van der Waals surface area (Å²) in [4.78, 5) is 28.1. The third kappa shape index (κ3) is 6.00. The van der Waals surface area contributed by atoms with Crippen LogP contribution in [0.4, 0.5) is 5.13 Å². The molecule has 3 rings (SSSR count). The standard InChI is InChI=1S/C19H12Cl4N2O4S/c20-11-4-2-1-3-10(11)15-9-30-19(24-15)25-17(26)7-29-18(27)8-28-16-6-13(22)12(21)5-14(16)23/h1-6,9H,7-8H2,(H,24,25,26). The van der Waals surface area contributed by atoms with Crippen LogP contribution in [0.2, 0.25) is 20.1 Å². The average Bonchev–Trinajstić information content (AvgIpc) is 3.16. The molecule has 0 aliphatic rings. The number of hydrogen-bond donors (Lipinski definition) is 1. The van der Waals surface area contributed by atoms with Crippen LogP contribution in [0, 0.1) is 0 Å². The minimum Gasteiger partial charge on any atom is -0.480 e. The van der Waals surface area contributed by atoms with Gasteiger partial charge >= 0.3 is 5.97 Å². The molecule has 0 fully saturated rings. The Labute approximate surface area is 195 Å². The summed E-state index contributed by atoms with van der Waals surface area (Å²) in [5.41, 5.74) is 1.38. The second-order valence-corrected chi connectivity index (χ2v) is 8.20. The normalized spacial score (nSPS) is 10.5. The number of nitrogens with zero attached hydrogens (tertiary/aromatic N) is 1. The van der Waals surface area contributed by atoms with E-state index in [0.29, 0.717) is 15.8 Å². The van der Waals surface area contributed by atoms with Gasteiger partial charge in [0.1, 0.15) is 5.75 Å². The third-order valence-electron chi connectivity index (χ3n) is 3.58. The van der Waals surface area contributed by atoms with Crippen LogP contribution in [-0.4, -0.2) is 30.1 Å². The molecular formula is C19H12Cl4N2O4S. The summed E-state index contributed by atoms with van der Waals surface area (Å²) in [6.07, 6.45) is 0. The number of amides is 1. The van der Waals surface area contributed by atoms with E-state index in [9.17, 15) is 9.59 Å². The van der Waals surface area contributed by atoms with E-state index in [1.54, 1.807) is 11.4 Å². The number of rotatable bonds is 7. The maximum Gasteiger partial charge on any atom is 0.344 e. The van der Waals surface area contributed by atoms with Gasteiger partial charge in [-0.15, -0.1) is 11.3 Å². The van der Waals surface area contributed by atoms with Gasteiger partial charge in [-0.25, -0.2) is 9.78 Å². The summed E-state index contributed by atoms with van der Waals surface area (Å²) >= 11 is 25.0. The molecule has 0 saturated carbocycles. The Morgan fingerprint density at radius 3 is 2.47 bits per heavy atom. The maximum absolute atomic E-state index is 12.0. The van der Waals surface area contributed by atoms with Crippen molar-refractivity contribution in [2.24, 2.45) is 0 Å². The summed E-state index contributed by atoms with van der Waals surface area (Å²) in [6.45, 7) is -0.961. The SMILES string of the molecule is O=C(COC(=O)COc1cc(Cl)c(Cl)cc1Cl)Nc1nc(-c2ccccc2Cl)cs1. The molecule has 1 aromatic heterocycles. The summed E-state index contributed by atoms with van der Waals surface area (Å²) in [7, 11) is 0. The van der Waals surface area contributed by atoms with Crippen molar-refractivity contribution in [1.29, 1.82) is 0 Å². The lowest BCUT2D eigenvalue weighted by Gasteiger charge is -2.09. The molecule has 0 bridgehead atoms. The van der Waals surface area contributed by atoms with E-state index >= 15 is 0 Å². The van der Waals surface area contributed by atoms with Crippen molar-refractivity contribution in [3.63, 3.8) is 0 Å². The van der Waals surface area contributed by atoms with Crippen molar-refractivity contribution in [3.8, 4) is 17.0 Å². The first kappa shape index (κ1) is 22.7. The van der Waals surface area contributed by atoms with Crippen LogP contribution in [0.1, 0.15) is 0 Å². The molecule has 11 heteroatoms. The summed E-state index contributed by atoms with van der Waals surface area (Å²) < 4.78 is 10.1. The van der Waals surface area contributed by atoms with Crippen LogP contribution < -0.4 is 10.1 Å². The van der Waals surface area contributed by atoms with Gasteiger partial charge in [-0.2, -0.15) is 0 Å². The zero-order valence-electron chi connectivity index (χ0n) is 15.0. The number of ether oxygens (including phenoxy) is 2. The van der Waals surface area contributed by atoms with Crippen LogP contribution in [0.25, 0.3) is 11.3 Å². The van der Waals surface area contributed by atoms with Crippen LogP contribution in [0.15, 0.2) is 41.8 Å². The Hall–Kier alpha value is -2.03. The van der Waals surface area contributed by atoms with Gasteiger partial charge in [0.15, 0.2) is 18.3 Å². The molecule has 1 amide bonds. The fourth-order valence-electron chi connectivity index (χ4n) is 2.22. The second kappa shape index (κ2) is 10.3. The third-order valence-corrected chi connectivity index (χ3v) is 5.69. The van der Waals surface area contributed by atoms with Crippen molar-refractivity contribution < 1.29 is 19.1 Å². The molecule has 6 nitrogen and oxygen atoms in total. The zero-order chi connectivity index (χ0) is 21.7. The van der Waals surface area contributed by atoms with Crippen molar-refractivity contribution in [2.45, 2.75) is 0 Å². The van der Waals surface area contributed by atoms with Crippen LogP contribution >= 0.6 is 57.7 Å². The lowest BCUT2D eigenvalue weighted by atomic mass is 10.2. The van der Waals surface area contributed by atoms with Gasteiger partial charge in [0.2, 0.25) is 0 Å². The van der Waals surface area contributed by atoms with Gasteiger partial charge in [0.05, 0.1) is 20.8 Å². The highest BCUT2D eigenvalue weighted by Gasteiger charge is 2.14. The summed E-state index contributed by atoms with van der Waals surface area (Å²) in [6, 6.07) is 10.0. The molecule has 0 atom stereocenters. The number of carbonyl (C=O) groups excluding carboxylic acids is 2. The van der Waals surface area contributed by atoms with Gasteiger partial charge in [0.25, 0.3) is 5.91 Å². The molecular weight excluding hydrogens is 494 g/mol. The Bertz CT molecular complexity index is 1090. The molecule has 2 aromatic carbocycles. The summed E-state index contributed by atoms with van der Waals surface area (Å²) in [5, 5.41) is 5.89. The smallest absolute Gasteiger partial charge is 0.344 e. The van der Waals surface area contributed by atoms with Crippen molar-refractivity contribution in [2.75, 3.05) is 18.5 Å². The molecule has 1 N–H and O–H groups in total. The largest absolute Gasteiger partial charge is 0.480 e. The number of esters is 1. The average molecular weight is 506 g/mol. The number of carbonyl (C=O) groups is 2. The molecule has 0 aliphatic heterocycles. The number of halogens is 4. The molecule has 156 valence electrons. The Balaban J connectivity index is 1.47. The molecule has 30 heavy (non-hydrogen) atoms. The highest BCUT2D eigenvalue weighted by Crippen LogP contribution is 2.34. The highest BCUT2D eigenvalue weighted by atomic mass is 35.5. The first-order valence-electron chi connectivity index (χ1n) is 8.26. The first-order chi connectivity index (χ1) is 14.3. The molecule has 0 radical (unpaired) electrons. The minimum atomic E-state index is -0.761. The Kier molecular flexibility index (Phi) is 7.80. The molecule has 3 aromatic rings. The van der Waals surface area contributed by atoms with Gasteiger partial charge in [0, 0.05) is 22.0 Å². The van der Waals surface area contributed by atoms with Gasteiger partial charge < -0.3 is 9.47 Å². The molecule has 0 unspecified atom stereocenters. The molecule has 0 aliphatic carbocycles. The van der Waals surface area contributed by atoms with Crippen molar-refractivity contribution >= 4 is 74.7 Å². The number of benzene rings is 2. The van der Waals surface area contributed by atoms with Crippen LogP contribution in [0.3, 0.4) is 0 Å². The fraction of sp³-hybridized carbons (Fsp3) is 0.105. The number of thiazole rings is 1. The van der Waals surface area contributed by atoms with Crippen molar-refractivity contribution in [3.05, 3.63) is 61.9 Å². The topological polar surface area (TPSA) is 77.5 Å². The van der Waals surface area contributed by atoms with E-state index in [1.807, 2.05) is 18.2 Å². The van der Waals surface area contributed by atoms with E-state index in [-0.39, 0.29) is 20.8 Å². The predicted molar refractivity (Wildman–Crippen MR) is 119 cm³/mol. The number of nitrogens with one attached hydrogen (secondary N) is 1. The zero-order valence-corrected chi connectivity index (χ0v) is 18.8. The van der Waals surface area contributed by atoms with E-state index < -0.39 is 25.1 Å². The number of aromatic nitrogens is 1. The number of anilines is 1. The summed E-state index contributed by atoms with van der Waals surface area (Å²) in [5.74, 6) is -1.14. The van der Waals surface area contributed by atoms with Gasteiger partial charge in [-0.3, -0.25) is 10.1 Å².